The zero-order valence-corrected chi connectivity index (χ0v) is 20.4. The van der Waals surface area contributed by atoms with Crippen molar-refractivity contribution in [2.24, 2.45) is 7.05 Å². The summed E-state index contributed by atoms with van der Waals surface area (Å²) in [6.45, 7) is 1.75. The highest BCUT2D eigenvalue weighted by molar-refractivity contribution is 8.27. The Morgan fingerprint density at radius 3 is 2.38 bits per heavy atom. The summed E-state index contributed by atoms with van der Waals surface area (Å²) in [5.41, 5.74) is 1.67. The lowest BCUT2D eigenvalue weighted by atomic mass is 10.2. The number of aromatic nitrogens is 2. The maximum Gasteiger partial charge on any atom is 0.296 e. The van der Waals surface area contributed by atoms with Crippen LogP contribution in [0.1, 0.15) is 11.3 Å². The Morgan fingerprint density at radius 2 is 1.76 bits per heavy atom. The summed E-state index contributed by atoms with van der Waals surface area (Å²) >= 11 is 12.8. The number of para-hydroxylation sites is 1. The number of rotatable bonds is 5. The predicted octanol–water partition coefficient (Wildman–Crippen LogP) is 4.92. The zero-order valence-electron chi connectivity index (χ0n) is 18.0. The minimum Gasteiger partial charge on any atom is -0.283 e. The number of carbonyl (C=O) groups excluding carboxylic acids is 1. The van der Waals surface area contributed by atoms with E-state index >= 15 is 0 Å². The first-order valence-corrected chi connectivity index (χ1v) is 11.5. The highest BCUT2D eigenvalue weighted by Gasteiger charge is 2.37. The third-order valence-corrected chi connectivity index (χ3v) is 6.74. The van der Waals surface area contributed by atoms with E-state index in [0.717, 1.165) is 11.8 Å². The number of hydrogen-bond donors (Lipinski definition) is 0. The molecule has 1 aromatic heterocycles. The number of nitro groups is 1. The van der Waals surface area contributed by atoms with Gasteiger partial charge < -0.3 is 0 Å². The van der Waals surface area contributed by atoms with E-state index in [1.807, 2.05) is 18.2 Å². The summed E-state index contributed by atoms with van der Waals surface area (Å²) in [4.78, 5) is 38.3. The van der Waals surface area contributed by atoms with Crippen LogP contribution in [-0.4, -0.2) is 24.5 Å². The normalized spacial score (nSPS) is 15.4. The quantitative estimate of drug-likeness (QED) is 0.208. The monoisotopic (exact) mass is 512 g/mol. The molecule has 34 heavy (non-hydrogen) atoms. The van der Waals surface area contributed by atoms with E-state index in [1.165, 1.54) is 27.8 Å². The van der Waals surface area contributed by atoms with Gasteiger partial charge in [0.15, 0.2) is 4.32 Å². The average molecular weight is 513 g/mol. The number of carbonyl (C=O) groups is 1. The molecule has 0 aliphatic carbocycles. The molecular weight excluding hydrogens is 496 g/mol. The maximum absolute atomic E-state index is 13.3. The van der Waals surface area contributed by atoms with Crippen molar-refractivity contribution in [2.75, 3.05) is 4.90 Å². The molecular formula is C23H17ClN4O4S2. The van der Waals surface area contributed by atoms with E-state index < -0.39 is 10.8 Å². The van der Waals surface area contributed by atoms with E-state index in [2.05, 4.69) is 0 Å². The van der Waals surface area contributed by atoms with Gasteiger partial charge in [-0.3, -0.25) is 29.3 Å². The molecule has 1 saturated heterocycles. The fourth-order valence-electron chi connectivity index (χ4n) is 3.49. The van der Waals surface area contributed by atoms with Gasteiger partial charge in [-0.15, -0.1) is 0 Å². The molecule has 0 N–H and O–H groups in total. The van der Waals surface area contributed by atoms with Crippen molar-refractivity contribution in [3.8, 4) is 5.69 Å². The van der Waals surface area contributed by atoms with Crippen LogP contribution in [0, 0.1) is 17.0 Å². The summed E-state index contributed by atoms with van der Waals surface area (Å²) in [5.74, 6) is -0.448. The topological polar surface area (TPSA) is 90.4 Å². The number of anilines is 1. The molecule has 0 bridgehead atoms. The Hall–Kier alpha value is -3.47. The van der Waals surface area contributed by atoms with E-state index in [9.17, 15) is 19.7 Å². The number of thioether (sulfide) groups is 1. The van der Waals surface area contributed by atoms with Crippen molar-refractivity contribution < 1.29 is 9.72 Å². The predicted molar refractivity (Wildman–Crippen MR) is 138 cm³/mol. The van der Waals surface area contributed by atoms with Crippen molar-refractivity contribution >= 4 is 63.3 Å². The minimum atomic E-state index is -0.488. The molecule has 0 unspecified atom stereocenters. The van der Waals surface area contributed by atoms with E-state index in [-0.39, 0.29) is 31.2 Å². The van der Waals surface area contributed by atoms with Crippen LogP contribution in [0.15, 0.2) is 75.4 Å². The fourth-order valence-corrected chi connectivity index (χ4v) is 5.05. The van der Waals surface area contributed by atoms with Gasteiger partial charge in [-0.25, -0.2) is 4.68 Å². The lowest BCUT2D eigenvalue weighted by Gasteiger charge is -2.12. The molecule has 2 heterocycles. The third kappa shape index (κ3) is 4.35. The van der Waals surface area contributed by atoms with Gasteiger partial charge in [0.25, 0.3) is 17.2 Å². The number of benzene rings is 2. The van der Waals surface area contributed by atoms with Crippen molar-refractivity contribution in [1.29, 1.82) is 0 Å². The fraction of sp³-hybridized carbons (Fsp3) is 0.0870. The molecule has 1 aliphatic heterocycles. The van der Waals surface area contributed by atoms with E-state index in [0.29, 0.717) is 16.9 Å². The molecule has 2 aromatic carbocycles. The van der Waals surface area contributed by atoms with Crippen molar-refractivity contribution in [1.82, 2.24) is 9.36 Å². The second-order valence-electron chi connectivity index (χ2n) is 7.31. The summed E-state index contributed by atoms with van der Waals surface area (Å²) < 4.78 is 3.38. The van der Waals surface area contributed by atoms with Gasteiger partial charge in [-0.1, -0.05) is 53.8 Å². The van der Waals surface area contributed by atoms with Crippen LogP contribution in [0.5, 0.6) is 0 Å². The van der Waals surface area contributed by atoms with Crippen LogP contribution in [-0.2, 0) is 11.8 Å². The molecule has 0 radical (unpaired) electrons. The molecule has 4 rings (SSSR count). The van der Waals surface area contributed by atoms with Crippen molar-refractivity contribution in [2.45, 2.75) is 6.92 Å². The number of thiocarbonyl (C=S) groups is 1. The number of nitrogens with zero attached hydrogens (tertiary/aromatic N) is 4. The van der Waals surface area contributed by atoms with Gasteiger partial charge in [0.1, 0.15) is 5.69 Å². The lowest BCUT2D eigenvalue weighted by molar-refractivity contribution is -0.384. The van der Waals surface area contributed by atoms with Crippen molar-refractivity contribution in [3.05, 3.63) is 102 Å². The SMILES string of the molecule is Cc1c(N2C(=O)/C(=C\C(Cl)=C\c3ccc([N+](=O)[O-])cc3)SC2=S)c(=O)n(-c2ccccc2)n1C. The Bertz CT molecular complexity index is 1440. The molecule has 1 aliphatic rings. The van der Waals surface area contributed by atoms with Gasteiger partial charge in [0.05, 0.1) is 21.2 Å². The van der Waals surface area contributed by atoms with E-state index in [4.69, 9.17) is 23.8 Å². The van der Waals surface area contributed by atoms with Gasteiger partial charge in [0.2, 0.25) is 0 Å². The summed E-state index contributed by atoms with van der Waals surface area (Å²) in [6.07, 6.45) is 3.05. The van der Waals surface area contributed by atoms with Gasteiger partial charge in [-0.2, -0.15) is 0 Å². The Kier molecular flexibility index (Phi) is 6.56. The second-order valence-corrected chi connectivity index (χ2v) is 9.42. The highest BCUT2D eigenvalue weighted by Crippen LogP contribution is 2.36. The minimum absolute atomic E-state index is 0.0338. The first-order valence-electron chi connectivity index (χ1n) is 9.92. The van der Waals surface area contributed by atoms with Crippen molar-refractivity contribution in [3.63, 3.8) is 0 Å². The molecule has 3 aromatic rings. The lowest BCUT2D eigenvalue weighted by Crippen LogP contribution is -2.33. The van der Waals surface area contributed by atoms with Gasteiger partial charge >= 0.3 is 0 Å². The molecule has 0 atom stereocenters. The molecule has 172 valence electrons. The van der Waals surface area contributed by atoms with Crippen LogP contribution in [0.3, 0.4) is 0 Å². The number of non-ortho nitro benzene ring substituents is 1. The number of hydrogen-bond acceptors (Lipinski definition) is 6. The largest absolute Gasteiger partial charge is 0.296 e. The number of halogens is 1. The number of nitro benzene ring substituents is 1. The van der Waals surface area contributed by atoms with Crippen LogP contribution >= 0.6 is 35.6 Å². The molecule has 1 amide bonds. The number of allylic oxidation sites excluding steroid dienone is 2. The Balaban J connectivity index is 1.67. The van der Waals surface area contributed by atoms with Gasteiger partial charge in [-0.05, 0) is 48.9 Å². The molecule has 1 fully saturated rings. The standard InChI is InChI=1S/C23H17ClN4O4S2/c1-14-20(22(30)27(25(14)2)17-6-4-3-5-7-17)26-21(29)19(34-23(26)33)13-16(24)12-15-8-10-18(11-9-15)28(31)32/h3-13H,1-2H3/b16-12-,19-13+. The molecule has 0 saturated carbocycles. The van der Waals surface area contributed by atoms with Crippen LogP contribution in [0.4, 0.5) is 11.4 Å². The molecule has 0 spiro atoms. The first-order chi connectivity index (χ1) is 16.2. The van der Waals surface area contributed by atoms with Crippen LogP contribution in [0.25, 0.3) is 11.8 Å². The van der Waals surface area contributed by atoms with Gasteiger partial charge in [0, 0.05) is 24.2 Å². The Morgan fingerprint density at radius 1 is 1.12 bits per heavy atom. The summed E-state index contributed by atoms with van der Waals surface area (Å²) in [7, 11) is 1.74. The smallest absolute Gasteiger partial charge is 0.283 e. The maximum atomic E-state index is 13.3. The summed E-state index contributed by atoms with van der Waals surface area (Å²) in [6, 6.07) is 15.0. The molecule has 11 heteroatoms. The van der Waals surface area contributed by atoms with E-state index in [1.54, 1.807) is 49.0 Å². The average Bonchev–Trinajstić information content (AvgIpc) is 3.19. The third-order valence-electron chi connectivity index (χ3n) is 5.22. The van der Waals surface area contributed by atoms with Crippen LogP contribution < -0.4 is 10.5 Å². The zero-order chi connectivity index (χ0) is 24.6. The Labute approximate surface area is 208 Å². The first kappa shape index (κ1) is 23.7. The number of amides is 1. The van der Waals surface area contributed by atoms with Crippen LogP contribution in [0.2, 0.25) is 0 Å². The highest BCUT2D eigenvalue weighted by atomic mass is 35.5. The second kappa shape index (κ2) is 9.41. The molecule has 8 nitrogen and oxygen atoms in total. The summed E-state index contributed by atoms with van der Waals surface area (Å²) in [5, 5.41) is 11.0.